The predicted molar refractivity (Wildman–Crippen MR) is 77.6 cm³/mol. The summed E-state index contributed by atoms with van der Waals surface area (Å²) in [6, 6.07) is 9.57. The lowest BCUT2D eigenvalue weighted by molar-refractivity contribution is 0.340. The van der Waals surface area contributed by atoms with Crippen molar-refractivity contribution in [3.63, 3.8) is 0 Å². The van der Waals surface area contributed by atoms with E-state index >= 15 is 0 Å². The van der Waals surface area contributed by atoms with E-state index in [1.54, 1.807) is 24.3 Å². The van der Waals surface area contributed by atoms with Crippen molar-refractivity contribution in [3.05, 3.63) is 63.6 Å². The summed E-state index contributed by atoms with van der Waals surface area (Å²) in [7, 11) is 0. The molecule has 1 nitrogen and oxygen atoms in total. The van der Waals surface area contributed by atoms with Crippen molar-refractivity contribution in [2.24, 2.45) is 0 Å². The number of hydrogen-bond donors (Lipinski definition) is 0. The zero-order valence-corrected chi connectivity index (χ0v) is 12.3. The minimum atomic E-state index is -0.666. The summed E-state index contributed by atoms with van der Waals surface area (Å²) >= 11 is 2.82. The van der Waals surface area contributed by atoms with E-state index in [1.807, 2.05) is 6.92 Å². The van der Waals surface area contributed by atoms with Crippen LogP contribution in [0.4, 0.5) is 8.78 Å². The largest absolute Gasteiger partial charge is 0.494 e. The molecule has 2 rings (SSSR count). The molecule has 20 heavy (non-hydrogen) atoms. The van der Waals surface area contributed by atoms with Crippen molar-refractivity contribution in [2.45, 2.75) is 6.92 Å². The van der Waals surface area contributed by atoms with Gasteiger partial charge < -0.3 is 4.74 Å². The summed E-state index contributed by atoms with van der Waals surface area (Å²) < 4.78 is 31.8. The van der Waals surface area contributed by atoms with Gasteiger partial charge >= 0.3 is 0 Å². The van der Waals surface area contributed by atoms with Crippen molar-refractivity contribution >= 4 is 15.9 Å². The molecule has 0 unspecified atom stereocenters. The number of benzene rings is 2. The van der Waals surface area contributed by atoms with Gasteiger partial charge in [-0.2, -0.15) is 0 Å². The molecule has 0 atom stereocenters. The van der Waals surface area contributed by atoms with E-state index in [4.69, 9.17) is 4.74 Å². The lowest BCUT2D eigenvalue weighted by Crippen LogP contribution is -1.90. The Bertz CT molecular complexity index is 646. The molecule has 0 heterocycles. The monoisotopic (exact) mass is 336 g/mol. The van der Waals surface area contributed by atoms with Gasteiger partial charge in [-0.3, -0.25) is 0 Å². The van der Waals surface area contributed by atoms with Gasteiger partial charge in [0.1, 0.15) is 17.4 Å². The second-order valence-electron chi connectivity index (χ2n) is 3.96. The van der Waals surface area contributed by atoms with Gasteiger partial charge in [0.05, 0.1) is 11.1 Å². The lowest BCUT2D eigenvalue weighted by Gasteiger charge is -2.01. The first-order chi connectivity index (χ1) is 9.60. The van der Waals surface area contributed by atoms with Crippen LogP contribution in [-0.4, -0.2) is 6.61 Å². The van der Waals surface area contributed by atoms with Crippen LogP contribution in [-0.2, 0) is 0 Å². The molecule has 0 spiro atoms. The lowest BCUT2D eigenvalue weighted by atomic mass is 10.1. The Hall–Kier alpha value is -1.86. The Labute approximate surface area is 124 Å². The molecular weight excluding hydrogens is 326 g/mol. The summed E-state index contributed by atoms with van der Waals surface area (Å²) in [4.78, 5) is 0. The highest BCUT2D eigenvalue weighted by atomic mass is 79.9. The summed E-state index contributed by atoms with van der Waals surface area (Å²) in [6.07, 6.45) is 0. The van der Waals surface area contributed by atoms with Crippen LogP contribution < -0.4 is 4.74 Å². The summed E-state index contributed by atoms with van der Waals surface area (Å²) in [5, 5.41) is 0. The van der Waals surface area contributed by atoms with Crippen molar-refractivity contribution in [1.82, 2.24) is 0 Å². The third-order valence-electron chi connectivity index (χ3n) is 2.50. The van der Waals surface area contributed by atoms with E-state index in [1.165, 1.54) is 12.1 Å². The zero-order chi connectivity index (χ0) is 14.5. The topological polar surface area (TPSA) is 9.23 Å². The fourth-order valence-corrected chi connectivity index (χ4v) is 1.80. The average molecular weight is 337 g/mol. The van der Waals surface area contributed by atoms with Crippen LogP contribution in [0.1, 0.15) is 18.1 Å². The molecule has 2 aromatic carbocycles. The molecule has 0 aliphatic heterocycles. The molecule has 0 bridgehead atoms. The second kappa shape index (κ2) is 6.53. The van der Waals surface area contributed by atoms with E-state index < -0.39 is 11.6 Å². The van der Waals surface area contributed by atoms with Gasteiger partial charge in [-0.05, 0) is 59.3 Å². The maximum atomic E-state index is 13.3. The van der Waals surface area contributed by atoms with Crippen molar-refractivity contribution in [3.8, 4) is 17.6 Å². The van der Waals surface area contributed by atoms with E-state index in [-0.39, 0.29) is 10.0 Å². The Kier molecular flexibility index (Phi) is 4.75. The van der Waals surface area contributed by atoms with Crippen LogP contribution in [0.3, 0.4) is 0 Å². The van der Waals surface area contributed by atoms with Crippen LogP contribution in [0.2, 0.25) is 0 Å². The molecule has 102 valence electrons. The fourth-order valence-electron chi connectivity index (χ4n) is 1.57. The summed E-state index contributed by atoms with van der Waals surface area (Å²) in [6.45, 7) is 2.51. The van der Waals surface area contributed by atoms with Gasteiger partial charge in [-0.1, -0.05) is 11.8 Å². The van der Waals surface area contributed by atoms with Gasteiger partial charge in [0.25, 0.3) is 0 Å². The highest BCUT2D eigenvalue weighted by Crippen LogP contribution is 2.20. The molecule has 0 saturated heterocycles. The molecular formula is C16H11BrF2O. The summed E-state index contributed by atoms with van der Waals surface area (Å²) in [5.41, 5.74) is 1.04. The number of ether oxygens (including phenoxy) is 1. The predicted octanol–water partition coefficient (Wildman–Crippen LogP) is 4.53. The highest BCUT2D eigenvalue weighted by Gasteiger charge is 2.06. The first kappa shape index (κ1) is 14.5. The van der Waals surface area contributed by atoms with Gasteiger partial charge in [-0.25, -0.2) is 8.78 Å². The zero-order valence-electron chi connectivity index (χ0n) is 10.7. The highest BCUT2D eigenvalue weighted by molar-refractivity contribution is 9.10. The molecule has 2 aromatic rings. The maximum Gasteiger partial charge on any atom is 0.141 e. The van der Waals surface area contributed by atoms with E-state index in [0.717, 1.165) is 11.3 Å². The van der Waals surface area contributed by atoms with Crippen LogP contribution in [0, 0.1) is 23.5 Å². The number of halogens is 3. The van der Waals surface area contributed by atoms with Crippen molar-refractivity contribution < 1.29 is 13.5 Å². The van der Waals surface area contributed by atoms with Gasteiger partial charge in [0.2, 0.25) is 0 Å². The molecule has 4 heteroatoms. The summed E-state index contributed by atoms with van der Waals surface area (Å²) in [5.74, 6) is 5.01. The molecule has 0 N–H and O–H groups in total. The normalized spacial score (nSPS) is 9.80. The molecule has 0 radical (unpaired) electrons. The smallest absolute Gasteiger partial charge is 0.141 e. The van der Waals surface area contributed by atoms with E-state index in [9.17, 15) is 8.78 Å². The molecule has 0 aliphatic rings. The van der Waals surface area contributed by atoms with Crippen LogP contribution in [0.5, 0.6) is 5.75 Å². The molecule has 0 aliphatic carbocycles. The minimum Gasteiger partial charge on any atom is -0.494 e. The quantitative estimate of drug-likeness (QED) is 0.578. The van der Waals surface area contributed by atoms with Crippen molar-refractivity contribution in [1.29, 1.82) is 0 Å². The van der Waals surface area contributed by atoms with Crippen molar-refractivity contribution in [2.75, 3.05) is 6.61 Å². The first-order valence-electron chi connectivity index (χ1n) is 5.99. The maximum absolute atomic E-state index is 13.3. The van der Waals surface area contributed by atoms with E-state index in [0.29, 0.717) is 6.61 Å². The molecule has 0 saturated carbocycles. The minimum absolute atomic E-state index is 0.177. The third kappa shape index (κ3) is 3.58. The Morgan fingerprint density at radius 2 is 1.55 bits per heavy atom. The van der Waals surface area contributed by atoms with E-state index in [2.05, 4.69) is 27.8 Å². The standard InChI is InChI=1S/C16H11BrF2O/c1-2-20-13-7-5-11(6-8-13)3-4-12-9-14(18)16(17)15(19)10-12/h5-10H,2H2,1H3. The molecule has 0 amide bonds. The third-order valence-corrected chi connectivity index (χ3v) is 3.26. The molecule has 0 fully saturated rings. The fraction of sp³-hybridized carbons (Fsp3) is 0.125. The van der Waals surface area contributed by atoms with Gasteiger partial charge in [0.15, 0.2) is 0 Å². The van der Waals surface area contributed by atoms with Crippen LogP contribution in [0.15, 0.2) is 40.9 Å². The first-order valence-corrected chi connectivity index (χ1v) is 6.79. The Morgan fingerprint density at radius 1 is 1.00 bits per heavy atom. The Morgan fingerprint density at radius 3 is 2.10 bits per heavy atom. The van der Waals surface area contributed by atoms with Crippen LogP contribution in [0.25, 0.3) is 0 Å². The van der Waals surface area contributed by atoms with Gasteiger partial charge in [0, 0.05) is 11.1 Å². The van der Waals surface area contributed by atoms with Gasteiger partial charge in [-0.15, -0.1) is 0 Å². The number of rotatable bonds is 2. The van der Waals surface area contributed by atoms with Crippen LogP contribution >= 0.6 is 15.9 Å². The SMILES string of the molecule is CCOc1ccc(C#Cc2cc(F)c(Br)c(F)c2)cc1. The average Bonchev–Trinajstić information content (AvgIpc) is 2.44. The Balaban J connectivity index is 2.22. The molecule has 0 aromatic heterocycles. The number of hydrogen-bond acceptors (Lipinski definition) is 1. The second-order valence-corrected chi connectivity index (χ2v) is 4.75.